The lowest BCUT2D eigenvalue weighted by Gasteiger charge is -2.04. The molecule has 0 bridgehead atoms. The summed E-state index contributed by atoms with van der Waals surface area (Å²) in [6.45, 7) is 0. The third kappa shape index (κ3) is 2.28. The first kappa shape index (κ1) is 12.4. The third-order valence-corrected chi connectivity index (χ3v) is 3.69. The van der Waals surface area contributed by atoms with Gasteiger partial charge in [0.15, 0.2) is 5.13 Å². The summed E-state index contributed by atoms with van der Waals surface area (Å²) in [5.74, 6) is -0.795. The second-order valence-corrected chi connectivity index (χ2v) is 5.17. The van der Waals surface area contributed by atoms with Crippen LogP contribution in [0.4, 0.5) is 5.13 Å². The zero-order valence-electron chi connectivity index (χ0n) is 10.2. The van der Waals surface area contributed by atoms with Crippen LogP contribution in [-0.2, 0) is 0 Å². The number of aromatic nitrogens is 1. The quantitative estimate of drug-likeness (QED) is 0.632. The Hall–Kier alpha value is -2.60. The van der Waals surface area contributed by atoms with Crippen LogP contribution in [-0.4, -0.2) is 21.1 Å². The Morgan fingerprint density at radius 3 is 2.75 bits per heavy atom. The first-order valence-corrected chi connectivity index (χ1v) is 6.64. The maximum absolute atomic E-state index is 12.0. The Kier molecular flexibility index (Phi) is 3.00. The minimum Gasteiger partial charge on any atom is -0.508 e. The molecule has 0 radical (unpaired) electrons. The zero-order valence-corrected chi connectivity index (χ0v) is 11.0. The summed E-state index contributed by atoms with van der Waals surface area (Å²) in [6, 6.07) is 11.3. The number of benzene rings is 2. The number of rotatable bonds is 2. The van der Waals surface area contributed by atoms with Crippen LogP contribution in [0.1, 0.15) is 10.4 Å². The summed E-state index contributed by atoms with van der Waals surface area (Å²) >= 11 is 1.34. The van der Waals surface area contributed by atoms with E-state index in [4.69, 9.17) is 0 Å². The Morgan fingerprint density at radius 1 is 1.15 bits per heavy atom. The van der Waals surface area contributed by atoms with Gasteiger partial charge >= 0.3 is 0 Å². The molecule has 6 heteroatoms. The summed E-state index contributed by atoms with van der Waals surface area (Å²) in [5, 5.41) is 22.1. The molecule has 0 aliphatic heterocycles. The molecule has 2 aromatic carbocycles. The van der Waals surface area contributed by atoms with Crippen LogP contribution in [0.15, 0.2) is 42.5 Å². The number of carbonyl (C=O) groups is 1. The third-order valence-electron chi connectivity index (χ3n) is 2.74. The van der Waals surface area contributed by atoms with E-state index in [1.54, 1.807) is 0 Å². The highest BCUT2D eigenvalue weighted by molar-refractivity contribution is 7.22. The fourth-order valence-corrected chi connectivity index (χ4v) is 2.66. The molecule has 0 fully saturated rings. The van der Waals surface area contributed by atoms with Crippen molar-refractivity contribution in [1.29, 1.82) is 0 Å². The van der Waals surface area contributed by atoms with Gasteiger partial charge < -0.3 is 10.2 Å². The molecule has 1 heterocycles. The van der Waals surface area contributed by atoms with Crippen LogP contribution in [0.25, 0.3) is 10.2 Å². The average molecular weight is 286 g/mol. The predicted octanol–water partition coefficient (Wildman–Crippen LogP) is 2.96. The summed E-state index contributed by atoms with van der Waals surface area (Å²) in [4.78, 5) is 16.3. The molecular formula is C14H10N2O3S. The van der Waals surface area contributed by atoms with Gasteiger partial charge in [0.05, 0.1) is 15.8 Å². The van der Waals surface area contributed by atoms with Gasteiger partial charge in [-0.15, -0.1) is 0 Å². The number of aromatic hydroxyl groups is 2. The Morgan fingerprint density at radius 2 is 1.95 bits per heavy atom. The molecule has 0 atom stereocenters. The van der Waals surface area contributed by atoms with Gasteiger partial charge in [0.2, 0.25) is 0 Å². The highest BCUT2D eigenvalue weighted by atomic mass is 32.1. The van der Waals surface area contributed by atoms with Gasteiger partial charge in [0.25, 0.3) is 5.91 Å². The highest BCUT2D eigenvalue weighted by Gasteiger charge is 2.14. The minimum absolute atomic E-state index is 0.00394. The van der Waals surface area contributed by atoms with Gasteiger partial charge in [-0.1, -0.05) is 23.5 Å². The molecular weight excluding hydrogens is 276 g/mol. The average Bonchev–Trinajstić information content (AvgIpc) is 2.83. The van der Waals surface area contributed by atoms with E-state index in [9.17, 15) is 15.0 Å². The van der Waals surface area contributed by atoms with Gasteiger partial charge in [0.1, 0.15) is 11.5 Å². The molecule has 0 saturated heterocycles. The van der Waals surface area contributed by atoms with Crippen molar-refractivity contribution in [3.05, 3.63) is 48.0 Å². The van der Waals surface area contributed by atoms with E-state index in [0.717, 1.165) is 10.2 Å². The molecule has 20 heavy (non-hydrogen) atoms. The number of hydrogen-bond donors (Lipinski definition) is 3. The molecule has 3 aromatic rings. The number of carbonyl (C=O) groups excluding carboxylic acids is 1. The maximum atomic E-state index is 12.0. The second kappa shape index (κ2) is 4.82. The molecule has 0 spiro atoms. The summed E-state index contributed by atoms with van der Waals surface area (Å²) in [6.07, 6.45) is 0. The lowest BCUT2D eigenvalue weighted by atomic mass is 10.2. The SMILES string of the molecule is O=C(Nc1nc2ccccc2s1)c1cc(O)ccc1O. The number of phenolic OH excluding ortho intramolecular Hbond substituents is 2. The molecule has 3 N–H and O–H groups in total. The molecule has 1 amide bonds. The number of nitrogens with one attached hydrogen (secondary N) is 1. The number of para-hydroxylation sites is 1. The van der Waals surface area contributed by atoms with E-state index in [1.807, 2.05) is 24.3 Å². The number of nitrogens with zero attached hydrogens (tertiary/aromatic N) is 1. The Labute approximate surface area is 118 Å². The van der Waals surface area contributed by atoms with Crippen LogP contribution >= 0.6 is 11.3 Å². The smallest absolute Gasteiger partial charge is 0.261 e. The van der Waals surface area contributed by atoms with Crippen molar-refractivity contribution in [2.45, 2.75) is 0 Å². The van der Waals surface area contributed by atoms with E-state index in [-0.39, 0.29) is 17.1 Å². The van der Waals surface area contributed by atoms with Crippen molar-refractivity contribution < 1.29 is 15.0 Å². The Balaban J connectivity index is 1.90. The molecule has 0 saturated carbocycles. The molecule has 1 aromatic heterocycles. The first-order chi connectivity index (χ1) is 9.63. The Bertz CT molecular complexity index is 765. The van der Waals surface area contributed by atoms with Gasteiger partial charge in [-0.25, -0.2) is 4.98 Å². The van der Waals surface area contributed by atoms with Crippen molar-refractivity contribution in [1.82, 2.24) is 4.98 Å². The van der Waals surface area contributed by atoms with E-state index in [2.05, 4.69) is 10.3 Å². The summed E-state index contributed by atoms with van der Waals surface area (Å²) in [7, 11) is 0. The lowest BCUT2D eigenvalue weighted by Crippen LogP contribution is -2.11. The van der Waals surface area contributed by atoms with Crippen LogP contribution in [0, 0.1) is 0 Å². The number of anilines is 1. The molecule has 0 aliphatic carbocycles. The van der Waals surface area contributed by atoms with Crippen molar-refractivity contribution in [3.63, 3.8) is 0 Å². The van der Waals surface area contributed by atoms with Crippen molar-refractivity contribution >= 4 is 32.6 Å². The highest BCUT2D eigenvalue weighted by Crippen LogP contribution is 2.27. The lowest BCUT2D eigenvalue weighted by molar-refractivity contribution is 0.102. The molecule has 5 nitrogen and oxygen atoms in total. The number of amides is 1. The van der Waals surface area contributed by atoms with E-state index >= 15 is 0 Å². The van der Waals surface area contributed by atoms with Crippen LogP contribution < -0.4 is 5.32 Å². The van der Waals surface area contributed by atoms with Crippen LogP contribution in [0.5, 0.6) is 11.5 Å². The van der Waals surface area contributed by atoms with E-state index in [0.29, 0.717) is 5.13 Å². The topological polar surface area (TPSA) is 82.5 Å². The summed E-state index contributed by atoms with van der Waals surface area (Å²) in [5.41, 5.74) is 0.803. The number of hydrogen-bond acceptors (Lipinski definition) is 5. The van der Waals surface area contributed by atoms with E-state index < -0.39 is 5.91 Å². The first-order valence-electron chi connectivity index (χ1n) is 5.82. The predicted molar refractivity (Wildman–Crippen MR) is 77.3 cm³/mol. The van der Waals surface area contributed by atoms with Gasteiger partial charge in [-0.3, -0.25) is 10.1 Å². The van der Waals surface area contributed by atoms with Crippen LogP contribution in [0.3, 0.4) is 0 Å². The van der Waals surface area contributed by atoms with Gasteiger partial charge in [0, 0.05) is 0 Å². The molecule has 100 valence electrons. The van der Waals surface area contributed by atoms with Crippen molar-refractivity contribution in [2.24, 2.45) is 0 Å². The standard InChI is InChI=1S/C14H10N2O3S/c17-8-5-6-11(18)9(7-8)13(19)16-14-15-10-3-1-2-4-12(10)20-14/h1-7,17-18H,(H,15,16,19). The molecule has 3 rings (SSSR count). The summed E-state index contributed by atoms with van der Waals surface area (Å²) < 4.78 is 0.961. The fraction of sp³-hybridized carbons (Fsp3) is 0. The zero-order chi connectivity index (χ0) is 14.1. The van der Waals surface area contributed by atoms with Crippen molar-refractivity contribution in [2.75, 3.05) is 5.32 Å². The normalized spacial score (nSPS) is 10.6. The number of thiazole rings is 1. The largest absolute Gasteiger partial charge is 0.508 e. The minimum atomic E-state index is -0.516. The number of phenols is 2. The maximum Gasteiger partial charge on any atom is 0.261 e. The van der Waals surface area contributed by atoms with Crippen LogP contribution in [0.2, 0.25) is 0 Å². The second-order valence-electron chi connectivity index (χ2n) is 4.14. The van der Waals surface area contributed by atoms with Crippen molar-refractivity contribution in [3.8, 4) is 11.5 Å². The molecule has 0 aliphatic rings. The monoisotopic (exact) mass is 286 g/mol. The molecule has 0 unspecified atom stereocenters. The fourth-order valence-electron chi connectivity index (χ4n) is 1.80. The number of fused-ring (bicyclic) bond motifs is 1. The van der Waals surface area contributed by atoms with Gasteiger partial charge in [-0.05, 0) is 30.3 Å². The van der Waals surface area contributed by atoms with Gasteiger partial charge in [-0.2, -0.15) is 0 Å². The van der Waals surface area contributed by atoms with E-state index in [1.165, 1.54) is 29.5 Å².